The van der Waals surface area contributed by atoms with E-state index in [-0.39, 0.29) is 24.1 Å². The van der Waals surface area contributed by atoms with E-state index in [1.54, 1.807) is 23.1 Å². The van der Waals surface area contributed by atoms with Gasteiger partial charge >= 0.3 is 6.09 Å². The summed E-state index contributed by atoms with van der Waals surface area (Å²) in [5.41, 5.74) is -0.112. The molecule has 1 N–H and O–H groups in total. The Labute approximate surface area is 142 Å². The molecule has 1 atom stereocenters. The van der Waals surface area contributed by atoms with Crippen molar-refractivity contribution in [1.29, 1.82) is 0 Å². The smallest absolute Gasteiger partial charge is 0.407 e. The molecule has 0 aromatic heterocycles. The number of amides is 2. The number of carbonyl (C=O) groups excluding carboxylic acids is 2. The van der Waals surface area contributed by atoms with E-state index in [0.717, 1.165) is 6.42 Å². The van der Waals surface area contributed by atoms with Crippen molar-refractivity contribution in [3.05, 3.63) is 35.6 Å². The van der Waals surface area contributed by atoms with Gasteiger partial charge in [0.25, 0.3) is 0 Å². The number of hydrogen-bond acceptors (Lipinski definition) is 3. The predicted molar refractivity (Wildman–Crippen MR) is 89.0 cm³/mol. The first kappa shape index (κ1) is 18.2. The third kappa shape index (κ3) is 5.51. The zero-order chi connectivity index (χ0) is 17.7. The Morgan fingerprint density at radius 2 is 2.04 bits per heavy atom. The van der Waals surface area contributed by atoms with E-state index in [2.05, 4.69) is 5.32 Å². The van der Waals surface area contributed by atoms with Gasteiger partial charge in [0.05, 0.1) is 6.42 Å². The highest BCUT2D eigenvalue weighted by Gasteiger charge is 2.27. The minimum absolute atomic E-state index is 0.0683. The molecule has 1 aliphatic rings. The second kappa shape index (κ2) is 7.64. The summed E-state index contributed by atoms with van der Waals surface area (Å²) in [5.74, 6) is -0.241. The summed E-state index contributed by atoms with van der Waals surface area (Å²) >= 11 is 0. The molecule has 132 valence electrons. The summed E-state index contributed by atoms with van der Waals surface area (Å²) in [4.78, 5) is 25.7. The Morgan fingerprint density at radius 3 is 2.71 bits per heavy atom. The summed E-state index contributed by atoms with van der Waals surface area (Å²) in [6.07, 6.45) is 0.441. The van der Waals surface area contributed by atoms with E-state index in [0.29, 0.717) is 25.2 Å². The molecule has 0 aliphatic carbocycles. The number of alkyl carbamates (subject to hydrolysis) is 1. The number of rotatable bonds is 4. The highest BCUT2D eigenvalue weighted by atomic mass is 19.1. The van der Waals surface area contributed by atoms with Crippen LogP contribution in [0.2, 0.25) is 0 Å². The molecular formula is C18H25FN2O3. The van der Waals surface area contributed by atoms with Gasteiger partial charge in [-0.1, -0.05) is 18.2 Å². The number of halogens is 1. The molecule has 5 nitrogen and oxygen atoms in total. The Morgan fingerprint density at radius 1 is 1.33 bits per heavy atom. The molecule has 24 heavy (non-hydrogen) atoms. The molecule has 2 rings (SSSR count). The van der Waals surface area contributed by atoms with Gasteiger partial charge in [-0.05, 0) is 44.7 Å². The maximum atomic E-state index is 13.6. The third-order valence-electron chi connectivity index (χ3n) is 3.87. The molecule has 0 bridgehead atoms. The van der Waals surface area contributed by atoms with Crippen LogP contribution in [0.5, 0.6) is 0 Å². The standard InChI is InChI=1S/C18H25FN2O3/c1-18(2,3)24-17(23)20-11-13-8-9-21(12-13)16(22)10-14-6-4-5-7-15(14)19/h4-7,13H,8-12H2,1-3H3,(H,20,23). The summed E-state index contributed by atoms with van der Waals surface area (Å²) in [6, 6.07) is 6.33. The molecular weight excluding hydrogens is 311 g/mol. The minimum atomic E-state index is -0.526. The van der Waals surface area contributed by atoms with Crippen LogP contribution in [0.1, 0.15) is 32.8 Å². The normalized spacial score (nSPS) is 17.7. The van der Waals surface area contributed by atoms with Gasteiger partial charge in [-0.25, -0.2) is 9.18 Å². The summed E-state index contributed by atoms with van der Waals surface area (Å²) in [5, 5.41) is 2.74. The highest BCUT2D eigenvalue weighted by Crippen LogP contribution is 2.18. The number of carbonyl (C=O) groups is 2. The maximum Gasteiger partial charge on any atom is 0.407 e. The predicted octanol–water partition coefficient (Wildman–Crippen LogP) is 2.74. The largest absolute Gasteiger partial charge is 0.444 e. The average Bonchev–Trinajstić information content (AvgIpc) is 2.95. The summed E-state index contributed by atoms with van der Waals surface area (Å²) < 4.78 is 18.8. The lowest BCUT2D eigenvalue weighted by molar-refractivity contribution is -0.129. The van der Waals surface area contributed by atoms with Gasteiger partial charge in [-0.15, -0.1) is 0 Å². The van der Waals surface area contributed by atoms with Gasteiger partial charge in [0, 0.05) is 19.6 Å². The van der Waals surface area contributed by atoms with Crippen molar-refractivity contribution in [3.8, 4) is 0 Å². The first-order chi connectivity index (χ1) is 11.2. The SMILES string of the molecule is CC(C)(C)OC(=O)NCC1CCN(C(=O)Cc2ccccc2F)C1. The van der Waals surface area contributed by atoms with Crippen molar-refractivity contribution in [2.24, 2.45) is 5.92 Å². The summed E-state index contributed by atoms with van der Waals surface area (Å²) in [7, 11) is 0. The van der Waals surface area contributed by atoms with Crippen LogP contribution >= 0.6 is 0 Å². The van der Waals surface area contributed by atoms with Crippen LogP contribution in [0.25, 0.3) is 0 Å². The van der Waals surface area contributed by atoms with Crippen LogP contribution in [0, 0.1) is 11.7 Å². The first-order valence-electron chi connectivity index (χ1n) is 8.22. The highest BCUT2D eigenvalue weighted by molar-refractivity contribution is 5.79. The number of hydrogen-bond donors (Lipinski definition) is 1. The Balaban J connectivity index is 1.77. The second-order valence-corrected chi connectivity index (χ2v) is 7.15. The van der Waals surface area contributed by atoms with Gasteiger partial charge in [0.2, 0.25) is 5.91 Å². The fourth-order valence-corrected chi connectivity index (χ4v) is 2.68. The molecule has 1 fully saturated rings. The molecule has 2 amide bonds. The van der Waals surface area contributed by atoms with Gasteiger partial charge in [-0.3, -0.25) is 4.79 Å². The van der Waals surface area contributed by atoms with Gasteiger partial charge in [0.1, 0.15) is 11.4 Å². The molecule has 1 saturated heterocycles. The van der Waals surface area contributed by atoms with E-state index in [4.69, 9.17) is 4.74 Å². The quantitative estimate of drug-likeness (QED) is 0.920. The van der Waals surface area contributed by atoms with Gasteiger partial charge in [-0.2, -0.15) is 0 Å². The van der Waals surface area contributed by atoms with Crippen molar-refractivity contribution in [2.75, 3.05) is 19.6 Å². The topological polar surface area (TPSA) is 58.6 Å². The van der Waals surface area contributed by atoms with Crippen molar-refractivity contribution in [1.82, 2.24) is 10.2 Å². The fraction of sp³-hybridized carbons (Fsp3) is 0.556. The first-order valence-corrected chi connectivity index (χ1v) is 8.22. The maximum absolute atomic E-state index is 13.6. The van der Waals surface area contributed by atoms with Crippen molar-refractivity contribution in [2.45, 2.75) is 39.2 Å². The molecule has 6 heteroatoms. The minimum Gasteiger partial charge on any atom is -0.444 e. The van der Waals surface area contributed by atoms with Crippen LogP contribution in [0.3, 0.4) is 0 Å². The van der Waals surface area contributed by atoms with E-state index >= 15 is 0 Å². The van der Waals surface area contributed by atoms with Crippen molar-refractivity contribution in [3.63, 3.8) is 0 Å². The second-order valence-electron chi connectivity index (χ2n) is 7.15. The molecule has 1 aromatic carbocycles. The van der Waals surface area contributed by atoms with E-state index < -0.39 is 11.7 Å². The molecule has 1 aromatic rings. The van der Waals surface area contributed by atoms with Crippen LogP contribution < -0.4 is 5.32 Å². The van der Waals surface area contributed by atoms with Gasteiger partial charge < -0.3 is 15.0 Å². The number of benzene rings is 1. The Hall–Kier alpha value is -2.11. The average molecular weight is 336 g/mol. The zero-order valence-electron chi connectivity index (χ0n) is 14.5. The van der Waals surface area contributed by atoms with Crippen molar-refractivity contribution >= 4 is 12.0 Å². The lowest BCUT2D eigenvalue weighted by atomic mass is 10.1. The zero-order valence-corrected chi connectivity index (χ0v) is 14.5. The Kier molecular flexibility index (Phi) is 5.80. The van der Waals surface area contributed by atoms with Crippen LogP contribution in [-0.4, -0.2) is 42.1 Å². The Bertz CT molecular complexity index is 598. The monoisotopic (exact) mass is 336 g/mol. The van der Waals surface area contributed by atoms with Crippen LogP contribution in [-0.2, 0) is 16.0 Å². The molecule has 1 aliphatic heterocycles. The molecule has 1 heterocycles. The van der Waals surface area contributed by atoms with Crippen LogP contribution in [0.4, 0.5) is 9.18 Å². The van der Waals surface area contributed by atoms with E-state index in [1.807, 2.05) is 20.8 Å². The lowest BCUT2D eigenvalue weighted by Gasteiger charge is -2.21. The molecule has 0 saturated carbocycles. The summed E-state index contributed by atoms with van der Waals surface area (Å²) in [6.45, 7) is 7.11. The number of ether oxygens (including phenoxy) is 1. The van der Waals surface area contributed by atoms with E-state index in [9.17, 15) is 14.0 Å². The fourth-order valence-electron chi connectivity index (χ4n) is 2.68. The third-order valence-corrected chi connectivity index (χ3v) is 3.87. The number of nitrogens with zero attached hydrogens (tertiary/aromatic N) is 1. The lowest BCUT2D eigenvalue weighted by Crippen LogP contribution is -2.36. The molecule has 1 unspecified atom stereocenters. The van der Waals surface area contributed by atoms with Crippen LogP contribution in [0.15, 0.2) is 24.3 Å². The molecule has 0 radical (unpaired) electrons. The molecule has 0 spiro atoms. The van der Waals surface area contributed by atoms with Crippen molar-refractivity contribution < 1.29 is 18.7 Å². The van der Waals surface area contributed by atoms with E-state index in [1.165, 1.54) is 6.07 Å². The number of nitrogens with one attached hydrogen (secondary N) is 1. The number of likely N-dealkylation sites (tertiary alicyclic amines) is 1. The van der Waals surface area contributed by atoms with Gasteiger partial charge in [0.15, 0.2) is 0 Å².